The number of anilines is 2. The molecule has 14 heavy (non-hydrogen) atoms. The number of H-pyrrole nitrogens is 1. The number of carbonyl (C=O) groups excluding carboxylic acids is 1. The number of nitrogens with one attached hydrogen (secondary N) is 1. The van der Waals surface area contributed by atoms with Crippen molar-refractivity contribution in [1.29, 1.82) is 0 Å². The Kier molecular flexibility index (Phi) is 2.37. The average molecular weight is 198 g/mol. The van der Waals surface area contributed by atoms with Crippen molar-refractivity contribution >= 4 is 17.6 Å². The molecule has 1 heterocycles. The lowest BCUT2D eigenvalue weighted by Crippen LogP contribution is -2.24. The Morgan fingerprint density at radius 1 is 1.43 bits per heavy atom. The zero-order valence-corrected chi connectivity index (χ0v) is 8.42. The normalized spacial score (nSPS) is 11.4. The minimum atomic E-state index is -0.576. The van der Waals surface area contributed by atoms with E-state index in [2.05, 4.69) is 10.2 Å². The SMILES string of the molecule is CC(C)(C)OC(=O)c1c(N)n[nH]c1N. The minimum absolute atomic E-state index is 0.0525. The maximum Gasteiger partial charge on any atom is 0.346 e. The number of aromatic nitrogens is 2. The van der Waals surface area contributed by atoms with Crippen molar-refractivity contribution in [3.63, 3.8) is 0 Å². The molecule has 5 N–H and O–H groups in total. The molecule has 1 aromatic heterocycles. The topological polar surface area (TPSA) is 107 Å². The molecule has 1 rings (SSSR count). The highest BCUT2D eigenvalue weighted by molar-refractivity contribution is 5.99. The van der Waals surface area contributed by atoms with E-state index in [0.717, 1.165) is 0 Å². The summed E-state index contributed by atoms with van der Waals surface area (Å²) in [6.45, 7) is 5.28. The maximum absolute atomic E-state index is 11.5. The number of nitrogens with two attached hydrogens (primary N) is 2. The lowest BCUT2D eigenvalue weighted by Gasteiger charge is -2.19. The van der Waals surface area contributed by atoms with Crippen LogP contribution in [0, 0.1) is 0 Å². The first kappa shape index (κ1) is 10.4. The van der Waals surface area contributed by atoms with Gasteiger partial charge in [0.15, 0.2) is 5.82 Å². The molecule has 0 amide bonds. The van der Waals surface area contributed by atoms with Crippen LogP contribution in [0.1, 0.15) is 31.1 Å². The maximum atomic E-state index is 11.5. The number of nitrogens with zero attached hydrogens (tertiary/aromatic N) is 1. The van der Waals surface area contributed by atoms with Crippen molar-refractivity contribution in [2.24, 2.45) is 0 Å². The molecule has 0 aliphatic heterocycles. The van der Waals surface area contributed by atoms with Crippen LogP contribution >= 0.6 is 0 Å². The van der Waals surface area contributed by atoms with Crippen molar-refractivity contribution < 1.29 is 9.53 Å². The molecule has 0 spiro atoms. The van der Waals surface area contributed by atoms with Crippen molar-refractivity contribution in [3.05, 3.63) is 5.56 Å². The summed E-state index contributed by atoms with van der Waals surface area (Å²) < 4.78 is 5.08. The Bertz CT molecular complexity index is 331. The van der Waals surface area contributed by atoms with E-state index in [9.17, 15) is 4.79 Å². The summed E-state index contributed by atoms with van der Waals surface area (Å²) in [4.78, 5) is 11.5. The highest BCUT2D eigenvalue weighted by Gasteiger charge is 2.23. The van der Waals surface area contributed by atoms with Gasteiger partial charge in [-0.1, -0.05) is 0 Å². The number of hydrogen-bond donors (Lipinski definition) is 3. The van der Waals surface area contributed by atoms with Crippen LogP contribution in [0.5, 0.6) is 0 Å². The van der Waals surface area contributed by atoms with Gasteiger partial charge in [-0.3, -0.25) is 5.10 Å². The molecule has 0 aliphatic rings. The summed E-state index contributed by atoms with van der Waals surface area (Å²) in [7, 11) is 0. The van der Waals surface area contributed by atoms with Gasteiger partial charge >= 0.3 is 5.97 Å². The number of aromatic amines is 1. The van der Waals surface area contributed by atoms with Crippen LogP contribution in [0.2, 0.25) is 0 Å². The van der Waals surface area contributed by atoms with Gasteiger partial charge in [0.25, 0.3) is 0 Å². The Hall–Kier alpha value is -1.72. The molecular formula is C8H14N4O2. The van der Waals surface area contributed by atoms with Gasteiger partial charge in [-0.2, -0.15) is 5.10 Å². The second-order valence-electron chi connectivity index (χ2n) is 3.90. The third-order valence-corrected chi connectivity index (χ3v) is 1.43. The van der Waals surface area contributed by atoms with E-state index in [0.29, 0.717) is 0 Å². The Morgan fingerprint density at radius 3 is 2.36 bits per heavy atom. The number of ether oxygens (including phenoxy) is 1. The monoisotopic (exact) mass is 198 g/mol. The molecule has 0 aromatic carbocycles. The van der Waals surface area contributed by atoms with Crippen LogP contribution in [0.15, 0.2) is 0 Å². The van der Waals surface area contributed by atoms with Gasteiger partial charge in [-0.25, -0.2) is 4.79 Å². The molecule has 1 aromatic rings. The fraction of sp³-hybridized carbons (Fsp3) is 0.500. The summed E-state index contributed by atoms with van der Waals surface area (Å²) in [6, 6.07) is 0. The summed E-state index contributed by atoms with van der Waals surface area (Å²) in [5.41, 5.74) is 10.4. The van der Waals surface area contributed by atoms with Crippen molar-refractivity contribution in [2.45, 2.75) is 26.4 Å². The summed E-state index contributed by atoms with van der Waals surface area (Å²) in [5, 5.41) is 6.00. The number of esters is 1. The third-order valence-electron chi connectivity index (χ3n) is 1.43. The zero-order valence-electron chi connectivity index (χ0n) is 8.42. The molecule has 0 saturated heterocycles. The number of rotatable bonds is 1. The average Bonchev–Trinajstić information content (AvgIpc) is 2.27. The van der Waals surface area contributed by atoms with Crippen molar-refractivity contribution in [1.82, 2.24) is 10.2 Å². The third kappa shape index (κ3) is 2.15. The summed E-state index contributed by atoms with van der Waals surface area (Å²) >= 11 is 0. The van der Waals surface area contributed by atoms with Gasteiger partial charge in [-0.05, 0) is 20.8 Å². The van der Waals surface area contributed by atoms with Gasteiger partial charge in [0, 0.05) is 0 Å². The fourth-order valence-electron chi connectivity index (χ4n) is 0.914. The molecule has 0 bridgehead atoms. The van der Waals surface area contributed by atoms with Crippen LogP contribution in [0.4, 0.5) is 11.6 Å². The quantitative estimate of drug-likeness (QED) is 0.570. The Morgan fingerprint density at radius 2 is 2.00 bits per heavy atom. The Balaban J connectivity index is 2.90. The lowest BCUT2D eigenvalue weighted by molar-refractivity contribution is 0.00722. The molecule has 0 saturated carbocycles. The molecule has 0 fully saturated rings. The van der Waals surface area contributed by atoms with Crippen LogP contribution in [0.3, 0.4) is 0 Å². The van der Waals surface area contributed by atoms with Crippen LogP contribution in [-0.4, -0.2) is 21.8 Å². The van der Waals surface area contributed by atoms with E-state index in [1.54, 1.807) is 20.8 Å². The minimum Gasteiger partial charge on any atom is -0.456 e. The smallest absolute Gasteiger partial charge is 0.346 e. The molecule has 0 atom stereocenters. The highest BCUT2D eigenvalue weighted by Crippen LogP contribution is 2.19. The van der Waals surface area contributed by atoms with Gasteiger partial charge in [0.1, 0.15) is 17.0 Å². The van der Waals surface area contributed by atoms with Crippen LogP contribution in [-0.2, 0) is 4.74 Å². The van der Waals surface area contributed by atoms with Gasteiger partial charge in [-0.15, -0.1) is 0 Å². The number of hydrogen-bond acceptors (Lipinski definition) is 5. The van der Waals surface area contributed by atoms with E-state index in [1.807, 2.05) is 0 Å². The second kappa shape index (κ2) is 3.21. The van der Waals surface area contributed by atoms with Crippen molar-refractivity contribution in [2.75, 3.05) is 11.5 Å². The molecule has 0 radical (unpaired) electrons. The molecule has 78 valence electrons. The predicted octanol–water partition coefficient (Wildman–Crippen LogP) is 0.529. The zero-order chi connectivity index (χ0) is 10.9. The first-order valence-electron chi connectivity index (χ1n) is 4.14. The lowest BCUT2D eigenvalue weighted by atomic mass is 10.2. The van der Waals surface area contributed by atoms with Gasteiger partial charge in [0.05, 0.1) is 0 Å². The van der Waals surface area contributed by atoms with Crippen LogP contribution < -0.4 is 11.5 Å². The first-order valence-corrected chi connectivity index (χ1v) is 4.14. The van der Waals surface area contributed by atoms with E-state index >= 15 is 0 Å². The molecule has 0 aliphatic carbocycles. The van der Waals surface area contributed by atoms with Gasteiger partial charge < -0.3 is 16.2 Å². The van der Waals surface area contributed by atoms with E-state index in [1.165, 1.54) is 0 Å². The standard InChI is InChI=1S/C8H14N4O2/c1-8(2,3)14-7(13)4-5(9)11-12-6(4)10/h1-3H3,(H5,9,10,11,12). The number of carbonyl (C=O) groups is 1. The highest BCUT2D eigenvalue weighted by atomic mass is 16.6. The summed E-state index contributed by atoms with van der Waals surface area (Å²) in [6.07, 6.45) is 0. The predicted molar refractivity (Wildman–Crippen MR) is 52.6 cm³/mol. The van der Waals surface area contributed by atoms with E-state index in [-0.39, 0.29) is 17.2 Å². The van der Waals surface area contributed by atoms with Crippen LogP contribution in [0.25, 0.3) is 0 Å². The molecule has 6 nitrogen and oxygen atoms in total. The Labute approximate surface area is 81.6 Å². The number of nitrogen functional groups attached to an aromatic ring is 2. The second-order valence-corrected chi connectivity index (χ2v) is 3.90. The van der Waals surface area contributed by atoms with Gasteiger partial charge in [0.2, 0.25) is 0 Å². The van der Waals surface area contributed by atoms with E-state index in [4.69, 9.17) is 16.2 Å². The molecule has 0 unspecified atom stereocenters. The molecule has 6 heteroatoms. The largest absolute Gasteiger partial charge is 0.456 e. The first-order chi connectivity index (χ1) is 6.31. The fourth-order valence-corrected chi connectivity index (χ4v) is 0.914. The molecular weight excluding hydrogens is 184 g/mol. The summed E-state index contributed by atoms with van der Waals surface area (Å²) in [5.74, 6) is -0.394. The van der Waals surface area contributed by atoms with E-state index < -0.39 is 11.6 Å². The van der Waals surface area contributed by atoms with Crippen molar-refractivity contribution in [3.8, 4) is 0 Å².